The molecule has 0 bridgehead atoms. The Labute approximate surface area is 119 Å². The molecule has 4 heteroatoms. The molecule has 1 aromatic heterocycles. The van der Waals surface area contributed by atoms with E-state index in [-0.39, 0.29) is 6.04 Å². The summed E-state index contributed by atoms with van der Waals surface area (Å²) in [6, 6.07) is 11.9. The smallest absolute Gasteiger partial charge is 0.128 e. The number of hydrogen-bond acceptors (Lipinski definition) is 3. The second kappa shape index (κ2) is 6.04. The molecular weight excluding hydrogens is 258 g/mol. The lowest BCUT2D eigenvalue weighted by Gasteiger charge is -2.19. The molecule has 0 aliphatic rings. The Balaban J connectivity index is 2.07. The minimum absolute atomic E-state index is 0.0168. The number of pyridine rings is 1. The third-order valence-corrected chi connectivity index (χ3v) is 3.27. The van der Waals surface area contributed by atoms with Gasteiger partial charge in [0.05, 0.1) is 0 Å². The average Bonchev–Trinajstić information content (AvgIpc) is 2.41. The molecule has 0 fully saturated rings. The molecule has 0 amide bonds. The first-order chi connectivity index (χ1) is 9.06. The van der Waals surface area contributed by atoms with Gasteiger partial charge in [0.1, 0.15) is 5.82 Å². The fourth-order valence-electron chi connectivity index (χ4n) is 1.84. The number of nitrogens with two attached hydrogens (primary N) is 1. The Kier molecular flexibility index (Phi) is 4.40. The van der Waals surface area contributed by atoms with Crippen molar-refractivity contribution in [2.45, 2.75) is 19.5 Å². The van der Waals surface area contributed by atoms with Crippen LogP contribution in [0.25, 0.3) is 0 Å². The van der Waals surface area contributed by atoms with Crippen LogP contribution in [0, 0.1) is 0 Å². The number of nitrogens with zero attached hydrogens (tertiary/aromatic N) is 2. The van der Waals surface area contributed by atoms with Crippen molar-refractivity contribution in [3.05, 3.63) is 58.7 Å². The van der Waals surface area contributed by atoms with Gasteiger partial charge in [-0.1, -0.05) is 29.8 Å². The highest BCUT2D eigenvalue weighted by molar-refractivity contribution is 6.30. The first-order valence-corrected chi connectivity index (χ1v) is 6.61. The molecule has 2 aromatic rings. The Morgan fingerprint density at radius 1 is 1.21 bits per heavy atom. The van der Waals surface area contributed by atoms with Crippen LogP contribution in [0.2, 0.25) is 5.02 Å². The van der Waals surface area contributed by atoms with Crippen LogP contribution in [0.4, 0.5) is 5.82 Å². The number of halogens is 1. The molecule has 2 rings (SSSR count). The van der Waals surface area contributed by atoms with Gasteiger partial charge in [-0.25, -0.2) is 4.98 Å². The van der Waals surface area contributed by atoms with Crippen LogP contribution in [0.5, 0.6) is 0 Å². The molecule has 19 heavy (non-hydrogen) atoms. The molecule has 1 heterocycles. The number of aromatic nitrogens is 1. The molecule has 1 aromatic carbocycles. The highest BCUT2D eigenvalue weighted by Gasteiger charge is 2.05. The second-order valence-electron chi connectivity index (χ2n) is 4.72. The lowest BCUT2D eigenvalue weighted by molar-refractivity contribution is 0.807. The normalized spacial score (nSPS) is 12.2. The van der Waals surface area contributed by atoms with E-state index in [1.165, 1.54) is 5.56 Å². The summed E-state index contributed by atoms with van der Waals surface area (Å²) < 4.78 is 0. The standard InChI is InChI=1S/C15H18ClN3/c1-11(17)13-5-8-15(18-9-13)19(2)10-12-3-6-14(16)7-4-12/h3-9,11H,10,17H2,1-2H3/t11-/m1/s1. The molecule has 0 spiro atoms. The molecule has 0 saturated carbocycles. The second-order valence-corrected chi connectivity index (χ2v) is 5.16. The number of rotatable bonds is 4. The number of benzene rings is 1. The van der Waals surface area contributed by atoms with Crippen molar-refractivity contribution in [3.63, 3.8) is 0 Å². The van der Waals surface area contributed by atoms with E-state index in [9.17, 15) is 0 Å². The molecule has 0 unspecified atom stereocenters. The zero-order valence-electron chi connectivity index (χ0n) is 11.2. The van der Waals surface area contributed by atoms with E-state index >= 15 is 0 Å². The van der Waals surface area contributed by atoms with Gasteiger partial charge in [0.2, 0.25) is 0 Å². The summed E-state index contributed by atoms with van der Waals surface area (Å²) in [7, 11) is 2.02. The van der Waals surface area contributed by atoms with Crippen LogP contribution < -0.4 is 10.6 Å². The van der Waals surface area contributed by atoms with E-state index in [0.717, 1.165) is 22.9 Å². The van der Waals surface area contributed by atoms with Gasteiger partial charge in [-0.2, -0.15) is 0 Å². The van der Waals surface area contributed by atoms with Crippen molar-refractivity contribution in [1.82, 2.24) is 4.98 Å². The van der Waals surface area contributed by atoms with Crippen molar-refractivity contribution >= 4 is 17.4 Å². The van der Waals surface area contributed by atoms with Gasteiger partial charge in [0.15, 0.2) is 0 Å². The van der Waals surface area contributed by atoms with E-state index in [4.69, 9.17) is 17.3 Å². The van der Waals surface area contributed by atoms with Gasteiger partial charge in [0.25, 0.3) is 0 Å². The molecule has 0 saturated heterocycles. The lowest BCUT2D eigenvalue weighted by Crippen LogP contribution is -2.18. The SMILES string of the molecule is C[C@@H](N)c1ccc(N(C)Cc2ccc(Cl)cc2)nc1. The summed E-state index contributed by atoms with van der Waals surface area (Å²) in [5.41, 5.74) is 8.06. The van der Waals surface area contributed by atoms with Gasteiger partial charge >= 0.3 is 0 Å². The quantitative estimate of drug-likeness (QED) is 0.930. The van der Waals surface area contributed by atoms with Gasteiger partial charge in [0, 0.05) is 30.9 Å². The van der Waals surface area contributed by atoms with Crippen molar-refractivity contribution in [1.29, 1.82) is 0 Å². The average molecular weight is 276 g/mol. The number of hydrogen-bond donors (Lipinski definition) is 1. The Morgan fingerprint density at radius 3 is 2.42 bits per heavy atom. The fourth-order valence-corrected chi connectivity index (χ4v) is 1.96. The summed E-state index contributed by atoms with van der Waals surface area (Å²) in [5.74, 6) is 0.930. The highest BCUT2D eigenvalue weighted by atomic mass is 35.5. The Hall–Kier alpha value is -1.58. The van der Waals surface area contributed by atoms with Crippen LogP contribution in [-0.2, 0) is 6.54 Å². The summed E-state index contributed by atoms with van der Waals surface area (Å²) in [6.07, 6.45) is 1.83. The first kappa shape index (κ1) is 13.8. The molecule has 100 valence electrons. The summed E-state index contributed by atoms with van der Waals surface area (Å²) in [4.78, 5) is 6.52. The number of anilines is 1. The minimum Gasteiger partial charge on any atom is -0.355 e. The molecule has 1 atom stereocenters. The maximum absolute atomic E-state index is 5.87. The third-order valence-electron chi connectivity index (χ3n) is 3.02. The van der Waals surface area contributed by atoms with Crippen molar-refractivity contribution in [2.24, 2.45) is 5.73 Å². The molecule has 0 radical (unpaired) electrons. The van der Waals surface area contributed by atoms with Crippen LogP contribution in [0.15, 0.2) is 42.6 Å². The monoisotopic (exact) mass is 275 g/mol. The first-order valence-electron chi connectivity index (χ1n) is 6.23. The maximum atomic E-state index is 5.87. The zero-order valence-corrected chi connectivity index (χ0v) is 11.9. The van der Waals surface area contributed by atoms with Crippen molar-refractivity contribution < 1.29 is 0 Å². The lowest BCUT2D eigenvalue weighted by atomic mass is 10.1. The largest absolute Gasteiger partial charge is 0.355 e. The van der Waals surface area contributed by atoms with E-state index < -0.39 is 0 Å². The van der Waals surface area contributed by atoms with Crippen LogP contribution in [0.3, 0.4) is 0 Å². The molecular formula is C15H18ClN3. The summed E-state index contributed by atoms with van der Waals surface area (Å²) >= 11 is 5.87. The molecule has 0 aliphatic carbocycles. The minimum atomic E-state index is 0.0168. The van der Waals surface area contributed by atoms with Gasteiger partial charge < -0.3 is 10.6 Å². The van der Waals surface area contributed by atoms with Crippen LogP contribution in [0.1, 0.15) is 24.1 Å². The predicted octanol–water partition coefficient (Wildman–Crippen LogP) is 3.39. The van der Waals surface area contributed by atoms with Gasteiger partial charge in [-0.3, -0.25) is 0 Å². The molecule has 3 nitrogen and oxygen atoms in total. The summed E-state index contributed by atoms with van der Waals surface area (Å²) in [6.45, 7) is 2.75. The third kappa shape index (κ3) is 3.69. The van der Waals surface area contributed by atoms with Gasteiger partial charge in [-0.15, -0.1) is 0 Å². The Bertz CT molecular complexity index is 520. The molecule has 0 aliphatic heterocycles. The maximum Gasteiger partial charge on any atom is 0.128 e. The van der Waals surface area contributed by atoms with Crippen LogP contribution >= 0.6 is 11.6 Å². The Morgan fingerprint density at radius 2 is 1.89 bits per heavy atom. The van der Waals surface area contributed by atoms with E-state index in [2.05, 4.69) is 9.88 Å². The topological polar surface area (TPSA) is 42.1 Å². The van der Waals surface area contributed by atoms with Crippen molar-refractivity contribution in [2.75, 3.05) is 11.9 Å². The zero-order chi connectivity index (χ0) is 13.8. The van der Waals surface area contributed by atoms with E-state index in [0.29, 0.717) is 0 Å². The van der Waals surface area contributed by atoms with E-state index in [1.54, 1.807) is 0 Å². The van der Waals surface area contributed by atoms with Gasteiger partial charge in [-0.05, 0) is 36.2 Å². The highest BCUT2D eigenvalue weighted by Crippen LogP contribution is 2.17. The van der Waals surface area contributed by atoms with E-state index in [1.807, 2.05) is 56.6 Å². The predicted molar refractivity (Wildman–Crippen MR) is 80.4 cm³/mol. The van der Waals surface area contributed by atoms with Crippen LogP contribution in [-0.4, -0.2) is 12.0 Å². The fraction of sp³-hybridized carbons (Fsp3) is 0.267. The molecule has 2 N–H and O–H groups in total. The summed E-state index contributed by atoms with van der Waals surface area (Å²) in [5, 5.41) is 0.755. The van der Waals surface area contributed by atoms with Crippen molar-refractivity contribution in [3.8, 4) is 0 Å².